The zero-order chi connectivity index (χ0) is 12.6. The van der Waals surface area contributed by atoms with Gasteiger partial charge in [0.2, 0.25) is 0 Å². The summed E-state index contributed by atoms with van der Waals surface area (Å²) in [7, 11) is 0. The topological polar surface area (TPSA) is 35.8 Å². The third kappa shape index (κ3) is 4.04. The number of nitriles is 1. The van der Waals surface area contributed by atoms with Crippen LogP contribution < -0.4 is 5.32 Å². The van der Waals surface area contributed by atoms with Crippen LogP contribution in [-0.4, -0.2) is 24.1 Å². The van der Waals surface area contributed by atoms with Crippen molar-refractivity contribution in [2.24, 2.45) is 0 Å². The van der Waals surface area contributed by atoms with Crippen molar-refractivity contribution in [3.05, 3.63) is 35.9 Å². The van der Waals surface area contributed by atoms with Gasteiger partial charge in [-0.15, -0.1) is 0 Å². The number of nitrogens with one attached hydrogen (secondary N) is 1. The smallest absolute Gasteiger partial charge is 0.0837 e. The fraction of sp³-hybridized carbons (Fsp3) is 0.533. The molecule has 3 heteroatoms. The van der Waals surface area contributed by atoms with Crippen LogP contribution in [0.25, 0.3) is 0 Å². The van der Waals surface area contributed by atoms with Gasteiger partial charge in [-0.1, -0.05) is 36.8 Å². The average Bonchev–Trinajstić information content (AvgIpc) is 2.46. The maximum Gasteiger partial charge on any atom is 0.0837 e. The van der Waals surface area contributed by atoms with Crippen LogP contribution >= 0.6 is 11.8 Å². The molecule has 96 valence electrons. The van der Waals surface area contributed by atoms with Crippen molar-refractivity contribution < 1.29 is 0 Å². The van der Waals surface area contributed by atoms with E-state index in [0.717, 1.165) is 23.9 Å². The van der Waals surface area contributed by atoms with E-state index in [2.05, 4.69) is 23.1 Å². The van der Waals surface area contributed by atoms with Crippen LogP contribution in [0, 0.1) is 11.3 Å². The first-order valence-corrected chi connectivity index (χ1v) is 7.72. The Bertz CT molecular complexity index is 379. The van der Waals surface area contributed by atoms with E-state index >= 15 is 0 Å². The molecule has 1 aromatic rings. The van der Waals surface area contributed by atoms with Crippen LogP contribution in [-0.2, 0) is 0 Å². The molecule has 1 aliphatic rings. The maximum atomic E-state index is 9.22. The summed E-state index contributed by atoms with van der Waals surface area (Å²) in [4.78, 5) is 0. The van der Waals surface area contributed by atoms with Crippen LogP contribution in [0.4, 0.5) is 0 Å². The minimum Gasteiger partial charge on any atom is -0.314 e. The van der Waals surface area contributed by atoms with Gasteiger partial charge in [0.05, 0.1) is 12.0 Å². The molecule has 0 aliphatic carbocycles. The Kier molecular flexibility index (Phi) is 5.57. The van der Waals surface area contributed by atoms with Gasteiger partial charge in [0.1, 0.15) is 0 Å². The van der Waals surface area contributed by atoms with E-state index in [4.69, 9.17) is 0 Å². The lowest BCUT2D eigenvalue weighted by Gasteiger charge is -2.22. The van der Waals surface area contributed by atoms with E-state index in [0.29, 0.717) is 0 Å². The lowest BCUT2D eigenvalue weighted by molar-refractivity contribution is 0.586. The quantitative estimate of drug-likeness (QED) is 0.883. The SMILES string of the molecule is N#CC(CNCC1CCCCS1)c1ccccc1. The normalized spacial score (nSPS) is 21.2. The summed E-state index contributed by atoms with van der Waals surface area (Å²) < 4.78 is 0. The van der Waals surface area contributed by atoms with Crippen molar-refractivity contribution in [1.82, 2.24) is 5.32 Å². The maximum absolute atomic E-state index is 9.22. The molecule has 0 amide bonds. The van der Waals surface area contributed by atoms with E-state index in [1.54, 1.807) is 0 Å². The Balaban J connectivity index is 1.76. The predicted molar refractivity (Wildman–Crippen MR) is 77.8 cm³/mol. The molecule has 2 rings (SSSR count). The molecule has 1 saturated heterocycles. The Morgan fingerprint density at radius 1 is 1.33 bits per heavy atom. The first-order valence-electron chi connectivity index (χ1n) is 6.67. The average molecular weight is 260 g/mol. The highest BCUT2D eigenvalue weighted by Crippen LogP contribution is 2.24. The van der Waals surface area contributed by atoms with Gasteiger partial charge in [-0.05, 0) is 24.2 Å². The molecule has 2 atom stereocenters. The number of benzene rings is 1. The van der Waals surface area contributed by atoms with E-state index in [9.17, 15) is 5.26 Å². The number of rotatable bonds is 5. The lowest BCUT2D eigenvalue weighted by Crippen LogP contribution is -2.29. The van der Waals surface area contributed by atoms with Crippen molar-refractivity contribution in [3.63, 3.8) is 0 Å². The molecular weight excluding hydrogens is 240 g/mol. The fourth-order valence-electron chi connectivity index (χ4n) is 2.28. The summed E-state index contributed by atoms with van der Waals surface area (Å²) in [5, 5.41) is 13.4. The summed E-state index contributed by atoms with van der Waals surface area (Å²) in [6.45, 7) is 1.80. The molecule has 0 radical (unpaired) electrons. The largest absolute Gasteiger partial charge is 0.314 e. The summed E-state index contributed by atoms with van der Waals surface area (Å²) in [5.74, 6) is 1.27. The molecule has 0 bridgehead atoms. The molecule has 0 spiro atoms. The second-order valence-corrected chi connectivity index (χ2v) is 6.15. The minimum absolute atomic E-state index is 0.0280. The van der Waals surface area contributed by atoms with E-state index in [1.165, 1.54) is 25.0 Å². The van der Waals surface area contributed by atoms with Gasteiger partial charge < -0.3 is 5.32 Å². The third-order valence-corrected chi connectivity index (χ3v) is 4.75. The summed E-state index contributed by atoms with van der Waals surface area (Å²) in [5.41, 5.74) is 1.11. The standard InChI is InChI=1S/C15H20N2S/c16-10-14(13-6-2-1-3-7-13)11-17-12-15-8-4-5-9-18-15/h1-3,6-7,14-15,17H,4-5,8-9,11-12H2. The minimum atomic E-state index is -0.0280. The van der Waals surface area contributed by atoms with Crippen LogP contribution in [0.15, 0.2) is 30.3 Å². The van der Waals surface area contributed by atoms with E-state index in [-0.39, 0.29) is 5.92 Å². The van der Waals surface area contributed by atoms with E-state index < -0.39 is 0 Å². The lowest BCUT2D eigenvalue weighted by atomic mass is 10.0. The first kappa shape index (κ1) is 13.5. The summed E-state index contributed by atoms with van der Waals surface area (Å²) >= 11 is 2.07. The van der Waals surface area contributed by atoms with Crippen molar-refractivity contribution in [1.29, 1.82) is 5.26 Å². The van der Waals surface area contributed by atoms with Crippen molar-refractivity contribution >= 4 is 11.8 Å². The van der Waals surface area contributed by atoms with Crippen molar-refractivity contribution in [2.75, 3.05) is 18.8 Å². The van der Waals surface area contributed by atoms with Crippen molar-refractivity contribution in [2.45, 2.75) is 30.4 Å². The highest BCUT2D eigenvalue weighted by atomic mass is 32.2. The molecule has 0 saturated carbocycles. The van der Waals surface area contributed by atoms with Crippen LogP contribution in [0.2, 0.25) is 0 Å². The van der Waals surface area contributed by atoms with Crippen LogP contribution in [0.1, 0.15) is 30.7 Å². The van der Waals surface area contributed by atoms with E-state index in [1.807, 2.05) is 30.3 Å². The Hall–Kier alpha value is -0.980. The highest BCUT2D eigenvalue weighted by molar-refractivity contribution is 7.99. The van der Waals surface area contributed by atoms with Crippen LogP contribution in [0.5, 0.6) is 0 Å². The Morgan fingerprint density at radius 3 is 2.83 bits per heavy atom. The molecule has 1 fully saturated rings. The molecule has 1 N–H and O–H groups in total. The van der Waals surface area contributed by atoms with Crippen LogP contribution in [0.3, 0.4) is 0 Å². The van der Waals surface area contributed by atoms with Gasteiger partial charge in [-0.25, -0.2) is 0 Å². The first-order chi connectivity index (χ1) is 8.90. The highest BCUT2D eigenvalue weighted by Gasteiger charge is 2.15. The van der Waals surface area contributed by atoms with Gasteiger partial charge in [0.15, 0.2) is 0 Å². The Labute approximate surface area is 114 Å². The molecular formula is C15H20N2S. The molecule has 2 nitrogen and oxygen atoms in total. The molecule has 1 heterocycles. The summed E-state index contributed by atoms with van der Waals surface area (Å²) in [6, 6.07) is 12.4. The molecule has 1 aromatic carbocycles. The zero-order valence-electron chi connectivity index (χ0n) is 10.6. The second-order valence-electron chi connectivity index (χ2n) is 4.74. The number of nitrogens with zero attached hydrogens (tertiary/aromatic N) is 1. The summed E-state index contributed by atoms with van der Waals surface area (Å²) in [6.07, 6.45) is 4.05. The molecule has 1 aliphatic heterocycles. The van der Waals surface area contributed by atoms with Crippen molar-refractivity contribution in [3.8, 4) is 6.07 Å². The predicted octanol–water partition coefficient (Wildman–Crippen LogP) is 3.17. The van der Waals surface area contributed by atoms with Gasteiger partial charge >= 0.3 is 0 Å². The molecule has 0 aromatic heterocycles. The van der Waals surface area contributed by atoms with Gasteiger partial charge in [-0.3, -0.25) is 0 Å². The van der Waals surface area contributed by atoms with Gasteiger partial charge in [0, 0.05) is 18.3 Å². The monoisotopic (exact) mass is 260 g/mol. The molecule has 2 unspecified atom stereocenters. The fourth-order valence-corrected chi connectivity index (χ4v) is 3.55. The number of thioether (sulfide) groups is 1. The second kappa shape index (κ2) is 7.45. The van der Waals surface area contributed by atoms with Gasteiger partial charge in [0.25, 0.3) is 0 Å². The third-order valence-electron chi connectivity index (χ3n) is 3.35. The number of hydrogen-bond donors (Lipinski definition) is 1. The zero-order valence-corrected chi connectivity index (χ0v) is 11.5. The Morgan fingerprint density at radius 2 is 2.17 bits per heavy atom. The number of hydrogen-bond acceptors (Lipinski definition) is 3. The van der Waals surface area contributed by atoms with Gasteiger partial charge in [-0.2, -0.15) is 17.0 Å². The molecule has 18 heavy (non-hydrogen) atoms.